The first-order chi connectivity index (χ1) is 7.75. The Morgan fingerprint density at radius 1 is 1.31 bits per heavy atom. The van der Waals surface area contributed by atoms with E-state index in [9.17, 15) is 0 Å². The highest BCUT2D eigenvalue weighted by atomic mass is 79.9. The van der Waals surface area contributed by atoms with Crippen LogP contribution in [0.5, 0.6) is 0 Å². The number of pyridine rings is 1. The molecule has 0 saturated carbocycles. The molecule has 0 amide bonds. The first kappa shape index (κ1) is 9.28. The number of halogens is 1. The molecule has 0 spiro atoms. The van der Waals surface area contributed by atoms with Crippen molar-refractivity contribution in [2.24, 2.45) is 0 Å². The van der Waals surface area contributed by atoms with Crippen molar-refractivity contribution in [2.75, 3.05) is 5.73 Å². The summed E-state index contributed by atoms with van der Waals surface area (Å²) in [5.41, 5.74) is 7.51. The van der Waals surface area contributed by atoms with E-state index in [1.807, 2.05) is 0 Å². The molecule has 3 rings (SSSR count). The third-order valence-electron chi connectivity index (χ3n) is 2.09. The van der Waals surface area contributed by atoms with E-state index in [1.165, 1.54) is 0 Å². The smallest absolute Gasteiger partial charge is 0.199 e. The molecular weight excluding hydrogens is 276 g/mol. The molecule has 0 aliphatic rings. The summed E-state index contributed by atoms with van der Waals surface area (Å²) < 4.78 is 5.31. The van der Waals surface area contributed by atoms with Gasteiger partial charge in [-0.05, 0) is 26.2 Å². The molecule has 0 aromatic carbocycles. The zero-order valence-electron chi connectivity index (χ0n) is 7.81. The van der Waals surface area contributed by atoms with E-state index in [4.69, 9.17) is 5.73 Å². The molecule has 80 valence electrons. The van der Waals surface area contributed by atoms with Crippen molar-refractivity contribution in [3.8, 4) is 11.5 Å². The molecule has 3 N–H and O–H groups in total. The molecule has 0 radical (unpaired) electrons. The topological polar surface area (TPSA) is 107 Å². The number of aromatic nitrogens is 5. The molecule has 16 heavy (non-hydrogen) atoms. The lowest BCUT2D eigenvalue weighted by Crippen LogP contribution is -1.89. The van der Waals surface area contributed by atoms with E-state index in [1.54, 1.807) is 12.4 Å². The number of fused-ring (bicyclic) bond motifs is 1. The standard InChI is InChI=1S/C8H5BrN6O/c9-3-1-11-2-4-5(3)13-8(12-4)6-7(10)15-16-14-6/h1-2H,(H2,10,15)(H,12,13). The van der Waals surface area contributed by atoms with Gasteiger partial charge in [-0.2, -0.15) is 0 Å². The summed E-state index contributed by atoms with van der Waals surface area (Å²) in [7, 11) is 0. The molecule has 3 aromatic rings. The maximum atomic E-state index is 5.58. The SMILES string of the molecule is Nc1nonc1-c1nc2c(Br)cncc2[nH]1. The van der Waals surface area contributed by atoms with Gasteiger partial charge in [0.25, 0.3) is 0 Å². The fourth-order valence-electron chi connectivity index (χ4n) is 1.37. The van der Waals surface area contributed by atoms with Gasteiger partial charge >= 0.3 is 0 Å². The minimum Gasteiger partial charge on any atom is -0.379 e. The summed E-state index contributed by atoms with van der Waals surface area (Å²) in [5.74, 6) is 0.700. The number of H-pyrrole nitrogens is 1. The van der Waals surface area contributed by atoms with Crippen molar-refractivity contribution in [1.29, 1.82) is 0 Å². The number of anilines is 1. The minimum atomic E-state index is 0.197. The Kier molecular flexibility index (Phi) is 1.90. The van der Waals surface area contributed by atoms with Gasteiger partial charge in [-0.1, -0.05) is 0 Å². The Balaban J connectivity index is 2.27. The van der Waals surface area contributed by atoms with E-state index in [-0.39, 0.29) is 5.82 Å². The van der Waals surface area contributed by atoms with E-state index in [0.29, 0.717) is 11.5 Å². The van der Waals surface area contributed by atoms with E-state index in [0.717, 1.165) is 15.5 Å². The normalized spacial score (nSPS) is 11.1. The molecule has 0 unspecified atom stereocenters. The van der Waals surface area contributed by atoms with Crippen LogP contribution >= 0.6 is 15.9 Å². The van der Waals surface area contributed by atoms with Gasteiger partial charge in [0.15, 0.2) is 17.3 Å². The van der Waals surface area contributed by atoms with E-state index < -0.39 is 0 Å². The van der Waals surface area contributed by atoms with E-state index >= 15 is 0 Å². The number of nitrogen functional groups attached to an aromatic ring is 1. The predicted octanol–water partition coefficient (Wildman–Crippen LogP) is 1.35. The molecule has 0 aliphatic heterocycles. The summed E-state index contributed by atoms with van der Waals surface area (Å²) in [6, 6.07) is 0. The van der Waals surface area contributed by atoms with Gasteiger partial charge in [0.2, 0.25) is 0 Å². The lowest BCUT2D eigenvalue weighted by atomic mass is 10.4. The molecule has 0 saturated heterocycles. The second kappa shape index (κ2) is 3.27. The van der Waals surface area contributed by atoms with Gasteiger partial charge in [0, 0.05) is 6.20 Å². The number of nitrogens with zero attached hydrogens (tertiary/aromatic N) is 4. The fourth-order valence-corrected chi connectivity index (χ4v) is 1.79. The first-order valence-corrected chi connectivity index (χ1v) is 5.12. The predicted molar refractivity (Wildman–Crippen MR) is 59.3 cm³/mol. The van der Waals surface area contributed by atoms with Crippen molar-refractivity contribution in [1.82, 2.24) is 25.3 Å². The molecule has 0 atom stereocenters. The number of nitrogens with one attached hydrogen (secondary N) is 1. The van der Waals surface area contributed by atoms with Crippen LogP contribution in [0.25, 0.3) is 22.6 Å². The van der Waals surface area contributed by atoms with Crippen molar-refractivity contribution in [3.63, 3.8) is 0 Å². The minimum absolute atomic E-state index is 0.197. The molecule has 3 heterocycles. The maximum Gasteiger partial charge on any atom is 0.199 e. The van der Waals surface area contributed by atoms with Crippen molar-refractivity contribution in [2.45, 2.75) is 0 Å². The highest BCUT2D eigenvalue weighted by molar-refractivity contribution is 9.10. The Morgan fingerprint density at radius 3 is 2.88 bits per heavy atom. The summed E-state index contributed by atoms with van der Waals surface area (Å²) in [4.78, 5) is 11.4. The van der Waals surface area contributed by atoms with Gasteiger partial charge in [-0.15, -0.1) is 0 Å². The average Bonchev–Trinajstić information content (AvgIpc) is 2.84. The number of rotatable bonds is 1. The maximum absolute atomic E-state index is 5.58. The van der Waals surface area contributed by atoms with Gasteiger partial charge in [0.1, 0.15) is 5.52 Å². The van der Waals surface area contributed by atoms with Crippen LogP contribution < -0.4 is 5.73 Å². The molecule has 8 heteroatoms. The third kappa shape index (κ3) is 1.27. The van der Waals surface area contributed by atoms with Crippen LogP contribution in [0.15, 0.2) is 21.5 Å². The highest BCUT2D eigenvalue weighted by Gasteiger charge is 2.14. The fraction of sp³-hybridized carbons (Fsp3) is 0. The van der Waals surface area contributed by atoms with Gasteiger partial charge in [-0.3, -0.25) is 4.98 Å². The highest BCUT2D eigenvalue weighted by Crippen LogP contribution is 2.25. The molecule has 0 bridgehead atoms. The van der Waals surface area contributed by atoms with Crippen molar-refractivity contribution >= 4 is 32.8 Å². The number of hydrogen-bond donors (Lipinski definition) is 2. The van der Waals surface area contributed by atoms with Crippen LogP contribution in [0, 0.1) is 0 Å². The van der Waals surface area contributed by atoms with Crippen LogP contribution in [0.3, 0.4) is 0 Å². The van der Waals surface area contributed by atoms with Gasteiger partial charge in [-0.25, -0.2) is 9.61 Å². The zero-order chi connectivity index (χ0) is 11.1. The van der Waals surface area contributed by atoms with E-state index in [2.05, 4.69) is 45.8 Å². The summed E-state index contributed by atoms with van der Waals surface area (Å²) in [6.45, 7) is 0. The Morgan fingerprint density at radius 2 is 2.19 bits per heavy atom. The van der Waals surface area contributed by atoms with Crippen LogP contribution in [0.2, 0.25) is 0 Å². The van der Waals surface area contributed by atoms with Crippen molar-refractivity contribution in [3.05, 3.63) is 16.9 Å². The monoisotopic (exact) mass is 280 g/mol. The number of imidazole rings is 1. The van der Waals surface area contributed by atoms with Crippen LogP contribution in [-0.4, -0.2) is 25.3 Å². The van der Waals surface area contributed by atoms with Crippen LogP contribution in [-0.2, 0) is 0 Å². The number of aromatic amines is 1. The Labute approximate surface area is 97.2 Å². The van der Waals surface area contributed by atoms with Gasteiger partial charge in [0.05, 0.1) is 16.2 Å². The lowest BCUT2D eigenvalue weighted by Gasteiger charge is -1.87. The Hall–Kier alpha value is -1.96. The number of nitrogens with two attached hydrogens (primary N) is 1. The Bertz CT molecular complexity index is 659. The molecule has 0 fully saturated rings. The summed E-state index contributed by atoms with van der Waals surface area (Å²) in [5, 5.41) is 7.16. The quantitative estimate of drug-likeness (QED) is 0.697. The molecule has 3 aromatic heterocycles. The number of hydrogen-bond acceptors (Lipinski definition) is 6. The van der Waals surface area contributed by atoms with Crippen molar-refractivity contribution < 1.29 is 4.63 Å². The zero-order valence-corrected chi connectivity index (χ0v) is 9.39. The molecule has 7 nitrogen and oxygen atoms in total. The largest absolute Gasteiger partial charge is 0.379 e. The second-order valence-corrected chi connectivity index (χ2v) is 3.96. The van der Waals surface area contributed by atoms with Gasteiger partial charge < -0.3 is 10.7 Å². The third-order valence-corrected chi connectivity index (χ3v) is 2.67. The summed E-state index contributed by atoms with van der Waals surface area (Å²) >= 11 is 3.36. The average molecular weight is 281 g/mol. The van der Waals surface area contributed by atoms with Crippen LogP contribution in [0.4, 0.5) is 5.82 Å². The van der Waals surface area contributed by atoms with Crippen LogP contribution in [0.1, 0.15) is 0 Å². The molecular formula is C8H5BrN6O. The second-order valence-electron chi connectivity index (χ2n) is 3.10. The molecule has 0 aliphatic carbocycles. The lowest BCUT2D eigenvalue weighted by molar-refractivity contribution is 0.310. The first-order valence-electron chi connectivity index (χ1n) is 4.33. The summed E-state index contributed by atoms with van der Waals surface area (Å²) in [6.07, 6.45) is 3.33.